The summed E-state index contributed by atoms with van der Waals surface area (Å²) in [6.07, 6.45) is 0. The summed E-state index contributed by atoms with van der Waals surface area (Å²) in [5, 5.41) is 5.09. The fourth-order valence-electron chi connectivity index (χ4n) is 3.18. The summed E-state index contributed by atoms with van der Waals surface area (Å²) in [4.78, 5) is 50.4. The van der Waals surface area contributed by atoms with Gasteiger partial charge < -0.3 is 24.8 Å². The molecule has 0 aliphatic carbocycles. The van der Waals surface area contributed by atoms with Gasteiger partial charge in [0.2, 0.25) is 0 Å². The van der Waals surface area contributed by atoms with Gasteiger partial charge in [-0.05, 0) is 45.9 Å². The molecule has 0 saturated heterocycles. The normalized spacial score (nSPS) is 13.9. The van der Waals surface area contributed by atoms with Gasteiger partial charge in [-0.3, -0.25) is 9.59 Å². The fraction of sp³-hybridized carbons (Fsp3) is 0.364. The number of halogens is 2. The van der Waals surface area contributed by atoms with E-state index in [0.717, 1.165) is 6.07 Å². The van der Waals surface area contributed by atoms with Crippen molar-refractivity contribution in [2.24, 2.45) is 5.92 Å². The topological polar surface area (TPSA) is 120 Å². The van der Waals surface area contributed by atoms with Gasteiger partial charge in [-0.25, -0.2) is 14.0 Å². The van der Waals surface area contributed by atoms with E-state index < -0.39 is 42.2 Å². The molecule has 1 aromatic rings. The average molecular weight is 483 g/mol. The van der Waals surface area contributed by atoms with Crippen molar-refractivity contribution in [1.29, 1.82) is 0 Å². The van der Waals surface area contributed by atoms with Gasteiger partial charge >= 0.3 is 17.9 Å². The van der Waals surface area contributed by atoms with Crippen LogP contribution in [0.1, 0.15) is 27.7 Å². The molecule has 11 heteroatoms. The van der Waals surface area contributed by atoms with Crippen molar-refractivity contribution >= 4 is 41.1 Å². The molecule has 2 N–H and O–H groups in total. The third kappa shape index (κ3) is 6.32. The average Bonchev–Trinajstić information content (AvgIpc) is 2.74. The molecule has 0 saturated carbocycles. The van der Waals surface area contributed by atoms with Crippen LogP contribution in [0.2, 0.25) is 5.02 Å². The second kappa shape index (κ2) is 11.5. The van der Waals surface area contributed by atoms with Crippen LogP contribution in [0.5, 0.6) is 0 Å². The first-order valence-corrected chi connectivity index (χ1v) is 10.4. The SMILES string of the molecule is CCOC(=O)C1=C(C)NC(C)=C(C(=O)OCC)C1C(=O)OCC(=O)Nc1ccc(F)c(Cl)c1. The third-order valence-electron chi connectivity index (χ3n) is 4.54. The molecule has 178 valence electrons. The first-order chi connectivity index (χ1) is 15.6. The van der Waals surface area contributed by atoms with Crippen molar-refractivity contribution in [3.05, 3.63) is 51.6 Å². The third-order valence-corrected chi connectivity index (χ3v) is 4.83. The molecule has 33 heavy (non-hydrogen) atoms. The first kappa shape index (κ1) is 25.9. The van der Waals surface area contributed by atoms with E-state index in [1.165, 1.54) is 12.1 Å². The number of dihydropyridines is 1. The van der Waals surface area contributed by atoms with E-state index in [2.05, 4.69) is 10.6 Å². The summed E-state index contributed by atoms with van der Waals surface area (Å²) in [5.41, 5.74) is 0.537. The number of carbonyl (C=O) groups is 4. The number of hydrogen-bond acceptors (Lipinski definition) is 8. The second-order valence-electron chi connectivity index (χ2n) is 6.86. The van der Waals surface area contributed by atoms with Crippen molar-refractivity contribution in [3.63, 3.8) is 0 Å². The number of ether oxygens (including phenoxy) is 3. The number of benzene rings is 1. The zero-order valence-electron chi connectivity index (χ0n) is 18.5. The van der Waals surface area contributed by atoms with Crippen molar-refractivity contribution in [2.75, 3.05) is 25.1 Å². The monoisotopic (exact) mass is 482 g/mol. The Hall–Kier alpha value is -3.40. The molecule has 0 unspecified atom stereocenters. The minimum atomic E-state index is -1.46. The summed E-state index contributed by atoms with van der Waals surface area (Å²) in [6, 6.07) is 3.54. The Balaban J connectivity index is 2.25. The quantitative estimate of drug-likeness (QED) is 0.428. The van der Waals surface area contributed by atoms with Crippen molar-refractivity contribution in [2.45, 2.75) is 27.7 Å². The van der Waals surface area contributed by atoms with E-state index in [1.807, 2.05) is 0 Å². The van der Waals surface area contributed by atoms with Crippen LogP contribution in [-0.2, 0) is 33.4 Å². The number of rotatable bonds is 8. The zero-order chi connectivity index (χ0) is 24.7. The van der Waals surface area contributed by atoms with Crippen LogP contribution < -0.4 is 10.6 Å². The van der Waals surface area contributed by atoms with Crippen LogP contribution in [0.25, 0.3) is 0 Å². The maximum Gasteiger partial charge on any atom is 0.337 e. The maximum absolute atomic E-state index is 13.3. The van der Waals surface area contributed by atoms with Crippen LogP contribution in [-0.4, -0.2) is 43.6 Å². The summed E-state index contributed by atoms with van der Waals surface area (Å²) in [6.45, 7) is 5.62. The number of esters is 3. The van der Waals surface area contributed by atoms with E-state index in [-0.39, 0.29) is 35.1 Å². The molecule has 1 amide bonds. The van der Waals surface area contributed by atoms with Crippen LogP contribution in [0.3, 0.4) is 0 Å². The van der Waals surface area contributed by atoms with Gasteiger partial charge in [-0.1, -0.05) is 11.6 Å². The molecule has 1 heterocycles. The smallest absolute Gasteiger partial charge is 0.337 e. The van der Waals surface area contributed by atoms with Gasteiger partial charge in [0.15, 0.2) is 6.61 Å². The van der Waals surface area contributed by atoms with Crippen LogP contribution in [0.15, 0.2) is 40.7 Å². The number of allylic oxidation sites excluding steroid dienone is 2. The van der Waals surface area contributed by atoms with Crippen molar-refractivity contribution in [3.8, 4) is 0 Å². The van der Waals surface area contributed by atoms with Crippen LogP contribution in [0, 0.1) is 11.7 Å². The van der Waals surface area contributed by atoms with Gasteiger partial charge in [0, 0.05) is 17.1 Å². The van der Waals surface area contributed by atoms with E-state index in [1.54, 1.807) is 27.7 Å². The van der Waals surface area contributed by atoms with Gasteiger partial charge in [-0.2, -0.15) is 0 Å². The molecule has 1 aliphatic rings. The predicted molar refractivity (Wildman–Crippen MR) is 116 cm³/mol. The van der Waals surface area contributed by atoms with E-state index in [0.29, 0.717) is 11.4 Å². The first-order valence-electron chi connectivity index (χ1n) is 10.0. The summed E-state index contributed by atoms with van der Waals surface area (Å²) >= 11 is 5.68. The Labute approximate surface area is 194 Å². The van der Waals surface area contributed by atoms with Crippen molar-refractivity contribution in [1.82, 2.24) is 5.32 Å². The molecule has 0 radical (unpaired) electrons. The Kier molecular flexibility index (Phi) is 8.98. The summed E-state index contributed by atoms with van der Waals surface area (Å²) in [5.74, 6) is -5.51. The number of carbonyl (C=O) groups excluding carboxylic acids is 4. The predicted octanol–water partition coefficient (Wildman–Crippen LogP) is 2.85. The highest BCUT2D eigenvalue weighted by atomic mass is 35.5. The molecule has 0 atom stereocenters. The Morgan fingerprint density at radius 1 is 1.00 bits per heavy atom. The lowest BCUT2D eigenvalue weighted by atomic mass is 9.85. The van der Waals surface area contributed by atoms with E-state index in [9.17, 15) is 23.6 Å². The molecular formula is C22H24ClFN2O7. The number of hydrogen-bond donors (Lipinski definition) is 2. The molecule has 2 rings (SSSR count). The minimum absolute atomic E-state index is 0.0391. The highest BCUT2D eigenvalue weighted by Gasteiger charge is 2.42. The molecule has 0 spiro atoms. The highest BCUT2D eigenvalue weighted by molar-refractivity contribution is 6.31. The van der Waals surface area contributed by atoms with Gasteiger partial charge in [0.05, 0.1) is 29.4 Å². The van der Waals surface area contributed by atoms with Crippen LogP contribution in [0.4, 0.5) is 10.1 Å². The van der Waals surface area contributed by atoms with E-state index in [4.69, 9.17) is 25.8 Å². The molecule has 0 fully saturated rings. The fourth-order valence-corrected chi connectivity index (χ4v) is 3.36. The Morgan fingerprint density at radius 3 is 2.03 bits per heavy atom. The Morgan fingerprint density at radius 2 is 1.55 bits per heavy atom. The van der Waals surface area contributed by atoms with Gasteiger partial charge in [0.1, 0.15) is 11.7 Å². The standard InChI is InChI=1S/C22H24ClFN2O7/c1-5-31-20(28)17-11(3)25-12(4)18(21(29)32-6-2)19(17)22(30)33-10-16(27)26-13-7-8-15(24)14(23)9-13/h7-9,19,25H,5-6,10H2,1-4H3,(H,26,27). The Bertz CT molecular complexity index is 996. The maximum atomic E-state index is 13.3. The van der Waals surface area contributed by atoms with Gasteiger partial charge in [-0.15, -0.1) is 0 Å². The summed E-state index contributed by atoms with van der Waals surface area (Å²) in [7, 11) is 0. The lowest BCUT2D eigenvalue weighted by Gasteiger charge is -2.28. The van der Waals surface area contributed by atoms with Crippen LogP contribution >= 0.6 is 11.6 Å². The number of anilines is 1. The molecule has 0 bridgehead atoms. The zero-order valence-corrected chi connectivity index (χ0v) is 19.3. The lowest BCUT2D eigenvalue weighted by molar-refractivity contribution is -0.153. The molecule has 9 nitrogen and oxygen atoms in total. The minimum Gasteiger partial charge on any atom is -0.463 e. The second-order valence-corrected chi connectivity index (χ2v) is 7.27. The molecule has 0 aromatic heterocycles. The number of nitrogens with one attached hydrogen (secondary N) is 2. The number of amides is 1. The molecule has 1 aliphatic heterocycles. The lowest BCUT2D eigenvalue weighted by Crippen LogP contribution is -2.39. The summed E-state index contributed by atoms with van der Waals surface area (Å²) < 4.78 is 28.5. The highest BCUT2D eigenvalue weighted by Crippen LogP contribution is 2.32. The van der Waals surface area contributed by atoms with E-state index >= 15 is 0 Å². The van der Waals surface area contributed by atoms with Crippen molar-refractivity contribution < 1.29 is 37.8 Å². The molecule has 1 aromatic carbocycles. The largest absolute Gasteiger partial charge is 0.463 e. The molecular weight excluding hydrogens is 459 g/mol. The van der Waals surface area contributed by atoms with Gasteiger partial charge in [0.25, 0.3) is 5.91 Å².